The maximum absolute atomic E-state index is 10.2. The van der Waals surface area contributed by atoms with Crippen molar-refractivity contribution in [2.24, 2.45) is 0 Å². The molecule has 1 aromatic rings. The minimum atomic E-state index is -0.803. The van der Waals surface area contributed by atoms with Crippen LogP contribution < -0.4 is 11.1 Å². The number of nitrogen functional groups attached to an aromatic ring is 1. The first-order valence-corrected chi connectivity index (χ1v) is 5.39. The minimum Gasteiger partial charge on any atom is -0.397 e. The summed E-state index contributed by atoms with van der Waals surface area (Å²) in [5.74, 6) is 0.710. The van der Waals surface area contributed by atoms with Crippen LogP contribution in [0.1, 0.15) is 13.3 Å². The maximum Gasteiger partial charge on any atom is 0.126 e. The Morgan fingerprint density at radius 3 is 3.06 bits per heavy atom. The van der Waals surface area contributed by atoms with E-state index in [1.54, 1.807) is 18.3 Å². The van der Waals surface area contributed by atoms with E-state index in [2.05, 4.69) is 10.3 Å². The molecule has 5 heteroatoms. The van der Waals surface area contributed by atoms with Crippen LogP contribution in [0.5, 0.6) is 0 Å². The van der Waals surface area contributed by atoms with Crippen LogP contribution in [0.15, 0.2) is 18.3 Å². The van der Waals surface area contributed by atoms with E-state index in [1.807, 2.05) is 6.92 Å². The first kappa shape index (κ1) is 11.2. The molecule has 2 heterocycles. The van der Waals surface area contributed by atoms with Gasteiger partial charge < -0.3 is 20.9 Å². The van der Waals surface area contributed by atoms with Crippen molar-refractivity contribution in [2.45, 2.75) is 25.0 Å². The summed E-state index contributed by atoms with van der Waals surface area (Å²) in [7, 11) is 0. The summed E-state index contributed by atoms with van der Waals surface area (Å²) in [5, 5.41) is 13.3. The number of hydrogen-bond acceptors (Lipinski definition) is 5. The second kappa shape index (κ2) is 4.27. The average molecular weight is 223 g/mol. The second-order valence-electron chi connectivity index (χ2n) is 4.20. The Balaban J connectivity index is 1.94. The monoisotopic (exact) mass is 223 g/mol. The van der Waals surface area contributed by atoms with Gasteiger partial charge in [-0.25, -0.2) is 4.98 Å². The van der Waals surface area contributed by atoms with Gasteiger partial charge in [0, 0.05) is 19.6 Å². The number of rotatable bonds is 3. The van der Waals surface area contributed by atoms with Crippen LogP contribution >= 0.6 is 0 Å². The number of aromatic nitrogens is 1. The lowest BCUT2D eigenvalue weighted by atomic mass is 9.97. The summed E-state index contributed by atoms with van der Waals surface area (Å²) in [6, 6.07) is 3.56. The smallest absolute Gasteiger partial charge is 0.126 e. The fraction of sp³-hybridized carbons (Fsp3) is 0.545. The standard InChI is InChI=1S/C11H17N3O2/c1-8-11(15,4-5-16-8)7-14-10-3-2-9(12)6-13-10/h2-3,6,8,15H,4-5,7,12H2,1H3,(H,13,14). The highest BCUT2D eigenvalue weighted by Crippen LogP contribution is 2.25. The van der Waals surface area contributed by atoms with Gasteiger partial charge >= 0.3 is 0 Å². The molecule has 0 radical (unpaired) electrons. The van der Waals surface area contributed by atoms with E-state index in [0.29, 0.717) is 31.1 Å². The third-order valence-electron chi connectivity index (χ3n) is 3.02. The topological polar surface area (TPSA) is 80.4 Å². The zero-order chi connectivity index (χ0) is 11.6. The first-order valence-electron chi connectivity index (χ1n) is 5.39. The third kappa shape index (κ3) is 2.25. The Hall–Kier alpha value is -1.33. The van der Waals surface area contributed by atoms with Gasteiger partial charge in [0.25, 0.3) is 0 Å². The molecule has 0 spiro atoms. The number of nitrogens with two attached hydrogens (primary N) is 1. The van der Waals surface area contributed by atoms with Crippen molar-refractivity contribution in [3.8, 4) is 0 Å². The molecule has 0 bridgehead atoms. The van der Waals surface area contributed by atoms with Gasteiger partial charge in [-0.2, -0.15) is 0 Å². The van der Waals surface area contributed by atoms with Gasteiger partial charge in [-0.3, -0.25) is 0 Å². The quantitative estimate of drug-likeness (QED) is 0.699. The molecular weight excluding hydrogens is 206 g/mol. The highest BCUT2D eigenvalue weighted by molar-refractivity contribution is 5.43. The van der Waals surface area contributed by atoms with Crippen molar-refractivity contribution in [1.82, 2.24) is 4.98 Å². The van der Waals surface area contributed by atoms with E-state index in [-0.39, 0.29) is 6.10 Å². The van der Waals surface area contributed by atoms with Crippen LogP contribution in [0.3, 0.4) is 0 Å². The van der Waals surface area contributed by atoms with Crippen LogP contribution in [0, 0.1) is 0 Å². The van der Waals surface area contributed by atoms with Gasteiger partial charge in [-0.15, -0.1) is 0 Å². The molecule has 0 saturated carbocycles. The van der Waals surface area contributed by atoms with Gasteiger partial charge in [0.15, 0.2) is 0 Å². The molecular formula is C11H17N3O2. The number of aliphatic hydroxyl groups is 1. The molecule has 0 aromatic carbocycles. The van der Waals surface area contributed by atoms with E-state index in [4.69, 9.17) is 10.5 Å². The summed E-state index contributed by atoms with van der Waals surface area (Å²) in [6.07, 6.45) is 2.09. The van der Waals surface area contributed by atoms with Crippen LogP contribution in [0.2, 0.25) is 0 Å². The fourth-order valence-corrected chi connectivity index (χ4v) is 1.76. The van der Waals surface area contributed by atoms with E-state index >= 15 is 0 Å². The van der Waals surface area contributed by atoms with Crippen molar-refractivity contribution in [3.63, 3.8) is 0 Å². The molecule has 1 aliphatic heterocycles. The molecule has 2 atom stereocenters. The number of pyridine rings is 1. The van der Waals surface area contributed by atoms with E-state index in [1.165, 1.54) is 0 Å². The summed E-state index contributed by atoms with van der Waals surface area (Å²) in [5.41, 5.74) is 5.36. The van der Waals surface area contributed by atoms with Crippen LogP contribution in [-0.4, -0.2) is 34.9 Å². The van der Waals surface area contributed by atoms with Gasteiger partial charge in [0.05, 0.1) is 18.0 Å². The van der Waals surface area contributed by atoms with E-state index in [9.17, 15) is 5.11 Å². The Kier molecular flexibility index (Phi) is 2.98. The zero-order valence-corrected chi connectivity index (χ0v) is 9.31. The Morgan fingerprint density at radius 2 is 2.50 bits per heavy atom. The molecule has 2 rings (SSSR count). The van der Waals surface area contributed by atoms with Gasteiger partial charge in [-0.05, 0) is 19.1 Å². The van der Waals surface area contributed by atoms with Crippen LogP contribution in [0.4, 0.5) is 11.5 Å². The molecule has 4 N–H and O–H groups in total. The highest BCUT2D eigenvalue weighted by Gasteiger charge is 2.39. The molecule has 1 saturated heterocycles. The third-order valence-corrected chi connectivity index (χ3v) is 3.02. The van der Waals surface area contributed by atoms with Crippen molar-refractivity contribution in [1.29, 1.82) is 0 Å². The highest BCUT2D eigenvalue weighted by atomic mass is 16.5. The molecule has 5 nitrogen and oxygen atoms in total. The molecule has 1 aliphatic rings. The number of ether oxygens (including phenoxy) is 1. The Morgan fingerprint density at radius 1 is 1.69 bits per heavy atom. The number of nitrogens with one attached hydrogen (secondary N) is 1. The Labute approximate surface area is 94.6 Å². The SMILES string of the molecule is CC1OCCC1(O)CNc1ccc(N)cn1. The lowest BCUT2D eigenvalue weighted by Crippen LogP contribution is -2.43. The van der Waals surface area contributed by atoms with E-state index in [0.717, 1.165) is 0 Å². The van der Waals surface area contributed by atoms with Crippen molar-refractivity contribution in [2.75, 3.05) is 24.2 Å². The van der Waals surface area contributed by atoms with Crippen LogP contribution in [-0.2, 0) is 4.74 Å². The molecule has 0 amide bonds. The maximum atomic E-state index is 10.2. The summed E-state index contributed by atoms with van der Waals surface area (Å²) in [4.78, 5) is 4.11. The minimum absolute atomic E-state index is 0.145. The lowest BCUT2D eigenvalue weighted by molar-refractivity contribution is -0.0176. The molecule has 0 aliphatic carbocycles. The predicted octanol–water partition coefficient (Wildman–Crippen LogP) is 0.616. The molecule has 2 unspecified atom stereocenters. The molecule has 1 fully saturated rings. The van der Waals surface area contributed by atoms with Crippen LogP contribution in [0.25, 0.3) is 0 Å². The fourth-order valence-electron chi connectivity index (χ4n) is 1.76. The normalized spacial score (nSPS) is 29.2. The first-order chi connectivity index (χ1) is 7.60. The van der Waals surface area contributed by atoms with Gasteiger partial charge in [0.1, 0.15) is 11.4 Å². The number of hydrogen-bond donors (Lipinski definition) is 3. The molecule has 16 heavy (non-hydrogen) atoms. The lowest BCUT2D eigenvalue weighted by Gasteiger charge is -2.26. The van der Waals surface area contributed by atoms with E-state index < -0.39 is 5.60 Å². The number of anilines is 2. The van der Waals surface area contributed by atoms with Gasteiger partial charge in [-0.1, -0.05) is 0 Å². The van der Waals surface area contributed by atoms with Crippen molar-refractivity contribution >= 4 is 11.5 Å². The molecule has 88 valence electrons. The summed E-state index contributed by atoms with van der Waals surface area (Å²) in [6.45, 7) is 2.92. The summed E-state index contributed by atoms with van der Waals surface area (Å²) < 4.78 is 5.35. The number of nitrogens with zero attached hydrogens (tertiary/aromatic N) is 1. The van der Waals surface area contributed by atoms with Gasteiger partial charge in [0.2, 0.25) is 0 Å². The predicted molar refractivity (Wildman–Crippen MR) is 62.1 cm³/mol. The zero-order valence-electron chi connectivity index (χ0n) is 9.31. The largest absolute Gasteiger partial charge is 0.397 e. The second-order valence-corrected chi connectivity index (χ2v) is 4.20. The molecule has 1 aromatic heterocycles. The van der Waals surface area contributed by atoms with Crippen molar-refractivity contribution < 1.29 is 9.84 Å². The average Bonchev–Trinajstić information content (AvgIpc) is 2.59. The summed E-state index contributed by atoms with van der Waals surface area (Å²) >= 11 is 0. The Bertz CT molecular complexity index is 355. The van der Waals surface area contributed by atoms with Crippen molar-refractivity contribution in [3.05, 3.63) is 18.3 Å².